The Morgan fingerprint density at radius 1 is 0.447 bits per heavy atom. The van der Waals surface area contributed by atoms with Gasteiger partial charge in [0.25, 0.3) is 0 Å². The van der Waals surface area contributed by atoms with E-state index in [1.54, 1.807) is 0 Å². The van der Waals surface area contributed by atoms with Crippen molar-refractivity contribution in [2.24, 2.45) is 0 Å². The first-order valence-electron chi connectivity index (χ1n) is 33.2. The standard InChI is InChI=1S/C67H127NO8/c1-3-5-7-9-11-13-15-17-19-21-23-24-25-26-27-28-29-30-31-32-33-34-35-36-37-38-39-41-43-45-47-49-51-53-55-57-63(71)68-60(59-75-67-66(74)65(73)64(72)62(58-69)76-67)61(70)56-54-52-50-48-46-44-42-40-22-20-18-16-14-12-10-8-6-4-2/h15,17,21,23,25-26,60-62,64-67,69-70,72-74H,3-14,16,18-20,22,24,27-59H2,1-2H3,(H,68,71)/b17-15-,23-21-,26-25-. The van der Waals surface area contributed by atoms with Crippen LogP contribution in [-0.2, 0) is 14.3 Å². The second-order valence-electron chi connectivity index (χ2n) is 23.3. The lowest BCUT2D eigenvalue weighted by Crippen LogP contribution is -2.60. The van der Waals surface area contributed by atoms with Gasteiger partial charge in [0.1, 0.15) is 24.4 Å². The van der Waals surface area contributed by atoms with Crippen molar-refractivity contribution in [1.29, 1.82) is 0 Å². The SMILES string of the molecule is CCCCCCC/C=C\C/C=C\C/C=C\CCCCCCCCCCCCCCCCCCCCCCC(=O)NC(COC1OC(CO)C(O)C(O)C1O)C(O)CCCCCCCCCCCCCCCCCCCC. The summed E-state index contributed by atoms with van der Waals surface area (Å²) in [6, 6.07) is -0.718. The zero-order chi connectivity index (χ0) is 55.0. The quantitative estimate of drug-likeness (QED) is 0.0261. The summed E-state index contributed by atoms with van der Waals surface area (Å²) in [6.07, 6.45) is 67.7. The molecule has 0 bridgehead atoms. The van der Waals surface area contributed by atoms with E-state index in [0.717, 1.165) is 51.4 Å². The number of amides is 1. The minimum Gasteiger partial charge on any atom is -0.394 e. The van der Waals surface area contributed by atoms with Crippen molar-refractivity contribution in [2.75, 3.05) is 13.2 Å². The van der Waals surface area contributed by atoms with Crippen molar-refractivity contribution >= 4 is 5.91 Å². The Balaban J connectivity index is 2.08. The maximum absolute atomic E-state index is 13.1. The Labute approximate surface area is 470 Å². The van der Waals surface area contributed by atoms with Crippen LogP contribution < -0.4 is 5.32 Å². The fourth-order valence-corrected chi connectivity index (χ4v) is 10.8. The summed E-state index contributed by atoms with van der Waals surface area (Å²) >= 11 is 0. The van der Waals surface area contributed by atoms with E-state index in [4.69, 9.17) is 9.47 Å². The van der Waals surface area contributed by atoms with Crippen LogP contribution in [0.2, 0.25) is 0 Å². The Hall–Kier alpha value is -1.59. The van der Waals surface area contributed by atoms with Gasteiger partial charge in [0.05, 0.1) is 25.4 Å². The monoisotopic (exact) mass is 1070 g/mol. The second-order valence-corrected chi connectivity index (χ2v) is 23.3. The van der Waals surface area contributed by atoms with E-state index in [9.17, 15) is 30.3 Å². The first-order chi connectivity index (χ1) is 37.3. The average molecular weight is 1070 g/mol. The summed E-state index contributed by atoms with van der Waals surface area (Å²) in [5.41, 5.74) is 0. The van der Waals surface area contributed by atoms with Gasteiger partial charge in [-0.15, -0.1) is 0 Å². The highest BCUT2D eigenvalue weighted by atomic mass is 16.7. The Kier molecular flexibility index (Phi) is 54.0. The molecule has 9 heteroatoms. The number of carbonyl (C=O) groups is 1. The fraction of sp³-hybridized carbons (Fsp3) is 0.896. The molecule has 7 unspecified atom stereocenters. The van der Waals surface area contributed by atoms with Gasteiger partial charge in [-0.05, 0) is 51.4 Å². The third kappa shape index (κ3) is 45.2. The second kappa shape index (κ2) is 56.7. The Bertz CT molecular complexity index is 1290. The molecule has 0 saturated carbocycles. The number of allylic oxidation sites excluding steroid dienone is 6. The molecule has 448 valence electrons. The number of rotatable bonds is 58. The third-order valence-electron chi connectivity index (χ3n) is 16.0. The molecule has 0 radical (unpaired) electrons. The number of aliphatic hydroxyl groups is 5. The van der Waals surface area contributed by atoms with E-state index < -0.39 is 49.5 Å². The molecule has 0 aromatic rings. The summed E-state index contributed by atoms with van der Waals surface area (Å²) in [5.74, 6) is -0.138. The van der Waals surface area contributed by atoms with Crippen LogP contribution >= 0.6 is 0 Å². The van der Waals surface area contributed by atoms with Gasteiger partial charge >= 0.3 is 0 Å². The third-order valence-corrected chi connectivity index (χ3v) is 16.0. The van der Waals surface area contributed by atoms with Gasteiger partial charge in [-0.1, -0.05) is 307 Å². The molecule has 1 aliphatic rings. The molecule has 1 heterocycles. The number of ether oxygens (including phenoxy) is 2. The molecule has 1 amide bonds. The van der Waals surface area contributed by atoms with Gasteiger partial charge in [0.2, 0.25) is 5.91 Å². The van der Waals surface area contributed by atoms with Gasteiger partial charge in [-0.25, -0.2) is 0 Å². The van der Waals surface area contributed by atoms with Crippen molar-refractivity contribution in [3.63, 3.8) is 0 Å². The van der Waals surface area contributed by atoms with Crippen molar-refractivity contribution in [3.05, 3.63) is 36.5 Å². The lowest BCUT2D eigenvalue weighted by atomic mass is 9.99. The molecule has 1 aliphatic heterocycles. The van der Waals surface area contributed by atoms with E-state index in [0.29, 0.717) is 12.8 Å². The smallest absolute Gasteiger partial charge is 0.220 e. The molecule has 0 spiro atoms. The van der Waals surface area contributed by atoms with Crippen LogP contribution in [0.3, 0.4) is 0 Å². The largest absolute Gasteiger partial charge is 0.394 e. The van der Waals surface area contributed by atoms with Crippen LogP contribution in [0.4, 0.5) is 0 Å². The summed E-state index contributed by atoms with van der Waals surface area (Å²) in [6.45, 7) is 3.87. The maximum Gasteiger partial charge on any atom is 0.220 e. The van der Waals surface area contributed by atoms with Gasteiger partial charge in [0, 0.05) is 6.42 Å². The van der Waals surface area contributed by atoms with Crippen molar-refractivity contribution in [1.82, 2.24) is 5.32 Å². The molecule has 6 N–H and O–H groups in total. The molecule has 0 aliphatic carbocycles. The van der Waals surface area contributed by atoms with Crippen molar-refractivity contribution < 1.29 is 39.8 Å². The Morgan fingerprint density at radius 3 is 1.14 bits per heavy atom. The maximum atomic E-state index is 13.1. The predicted molar refractivity (Wildman–Crippen MR) is 323 cm³/mol. The zero-order valence-electron chi connectivity index (χ0n) is 50.0. The summed E-state index contributed by atoms with van der Waals surface area (Å²) in [4.78, 5) is 13.1. The topological polar surface area (TPSA) is 149 Å². The molecular weight excluding hydrogens is 947 g/mol. The Morgan fingerprint density at radius 2 is 0.776 bits per heavy atom. The number of nitrogens with one attached hydrogen (secondary N) is 1. The number of hydrogen-bond donors (Lipinski definition) is 6. The van der Waals surface area contributed by atoms with Gasteiger partial charge in [0.15, 0.2) is 6.29 Å². The van der Waals surface area contributed by atoms with Crippen LogP contribution in [0, 0.1) is 0 Å². The lowest BCUT2D eigenvalue weighted by Gasteiger charge is -2.40. The number of unbranched alkanes of at least 4 members (excludes halogenated alkanes) is 42. The summed E-state index contributed by atoms with van der Waals surface area (Å²) < 4.78 is 11.3. The van der Waals surface area contributed by atoms with E-state index in [2.05, 4.69) is 55.6 Å². The highest BCUT2D eigenvalue weighted by molar-refractivity contribution is 5.76. The van der Waals surface area contributed by atoms with Crippen LogP contribution in [0.5, 0.6) is 0 Å². The molecule has 7 atom stereocenters. The molecule has 0 aromatic heterocycles. The van der Waals surface area contributed by atoms with Crippen LogP contribution in [0.1, 0.15) is 328 Å². The van der Waals surface area contributed by atoms with Crippen LogP contribution in [-0.4, -0.2) is 87.5 Å². The van der Waals surface area contributed by atoms with Crippen LogP contribution in [0.25, 0.3) is 0 Å². The predicted octanol–water partition coefficient (Wildman–Crippen LogP) is 17.5. The van der Waals surface area contributed by atoms with Gasteiger partial charge in [-0.2, -0.15) is 0 Å². The van der Waals surface area contributed by atoms with Crippen LogP contribution in [0.15, 0.2) is 36.5 Å². The average Bonchev–Trinajstić information content (AvgIpc) is 3.42. The molecular formula is C67H127NO8. The molecule has 1 fully saturated rings. The summed E-state index contributed by atoms with van der Waals surface area (Å²) in [5, 5.41) is 54.8. The highest BCUT2D eigenvalue weighted by Crippen LogP contribution is 2.24. The summed E-state index contributed by atoms with van der Waals surface area (Å²) in [7, 11) is 0. The fourth-order valence-electron chi connectivity index (χ4n) is 10.8. The first-order valence-corrected chi connectivity index (χ1v) is 33.2. The normalized spacial score (nSPS) is 19.0. The molecule has 9 nitrogen and oxygen atoms in total. The van der Waals surface area contributed by atoms with E-state index in [-0.39, 0.29) is 12.5 Å². The highest BCUT2D eigenvalue weighted by Gasteiger charge is 2.44. The number of hydrogen-bond acceptors (Lipinski definition) is 8. The van der Waals surface area contributed by atoms with Gasteiger partial charge in [-0.3, -0.25) is 4.79 Å². The minimum atomic E-state index is -1.55. The van der Waals surface area contributed by atoms with E-state index in [1.165, 1.54) is 250 Å². The molecule has 1 rings (SSSR count). The molecule has 0 aromatic carbocycles. The van der Waals surface area contributed by atoms with E-state index >= 15 is 0 Å². The zero-order valence-corrected chi connectivity index (χ0v) is 50.0. The van der Waals surface area contributed by atoms with Gasteiger partial charge < -0.3 is 40.3 Å². The molecule has 1 saturated heterocycles. The number of aliphatic hydroxyl groups excluding tert-OH is 5. The number of carbonyl (C=O) groups excluding carboxylic acids is 1. The van der Waals surface area contributed by atoms with Crippen molar-refractivity contribution in [3.8, 4) is 0 Å². The lowest BCUT2D eigenvalue weighted by molar-refractivity contribution is -0.302. The van der Waals surface area contributed by atoms with E-state index in [1.807, 2.05) is 0 Å². The minimum absolute atomic E-state index is 0.134. The van der Waals surface area contributed by atoms with Crippen molar-refractivity contribution in [2.45, 2.75) is 371 Å². The first kappa shape index (κ1) is 72.4. The molecule has 76 heavy (non-hydrogen) atoms.